The van der Waals surface area contributed by atoms with E-state index in [9.17, 15) is 31.1 Å². The molecule has 0 atom stereocenters. The number of ether oxygens (including phenoxy) is 1. The molecule has 3 aromatic carbocycles. The van der Waals surface area contributed by atoms with Gasteiger partial charge in [-0.2, -0.15) is 18.3 Å². The first-order valence-corrected chi connectivity index (χ1v) is 10.6. The Morgan fingerprint density at radius 1 is 0.892 bits per heavy atom. The van der Waals surface area contributed by atoms with Gasteiger partial charge in [-0.15, -0.1) is 13.2 Å². The first-order chi connectivity index (χ1) is 17.5. The predicted octanol–water partition coefficient (Wildman–Crippen LogP) is 6.72. The number of amides is 1. The van der Waals surface area contributed by atoms with E-state index in [4.69, 9.17) is 0 Å². The number of nitrogens with zero attached hydrogens (tertiary/aromatic N) is 3. The van der Waals surface area contributed by atoms with Crippen molar-refractivity contribution >= 4 is 28.0 Å². The molecule has 0 saturated carbocycles. The molecule has 6 nitrogen and oxygen atoms in total. The summed E-state index contributed by atoms with van der Waals surface area (Å²) in [4.78, 5) is 17.3. The third-order valence-electron chi connectivity index (χ3n) is 5.42. The van der Waals surface area contributed by atoms with E-state index in [0.717, 1.165) is 41.9 Å². The zero-order valence-corrected chi connectivity index (χ0v) is 18.4. The van der Waals surface area contributed by atoms with Crippen LogP contribution in [0.2, 0.25) is 0 Å². The van der Waals surface area contributed by atoms with Crippen molar-refractivity contribution in [2.24, 2.45) is 0 Å². The van der Waals surface area contributed by atoms with Gasteiger partial charge in [0.1, 0.15) is 11.3 Å². The summed E-state index contributed by atoms with van der Waals surface area (Å²) < 4.78 is 83.3. The zero-order chi connectivity index (χ0) is 26.4. The van der Waals surface area contributed by atoms with Gasteiger partial charge < -0.3 is 10.1 Å². The van der Waals surface area contributed by atoms with Gasteiger partial charge in [-0.3, -0.25) is 4.79 Å². The van der Waals surface area contributed by atoms with E-state index < -0.39 is 29.9 Å². The maximum atomic E-state index is 14.0. The van der Waals surface area contributed by atoms with Crippen molar-refractivity contribution in [3.63, 3.8) is 0 Å². The average Bonchev–Trinajstić information content (AvgIpc) is 3.27. The minimum absolute atomic E-state index is 0.0140. The second-order valence-corrected chi connectivity index (χ2v) is 7.87. The van der Waals surface area contributed by atoms with E-state index in [0.29, 0.717) is 15.5 Å². The highest BCUT2D eigenvalue weighted by atomic mass is 19.4. The van der Waals surface area contributed by atoms with Gasteiger partial charge in [-0.05, 0) is 41.1 Å². The highest BCUT2D eigenvalue weighted by Crippen LogP contribution is 2.35. The maximum Gasteiger partial charge on any atom is 0.573 e. The lowest BCUT2D eigenvalue weighted by Crippen LogP contribution is -2.17. The molecule has 0 aliphatic carbocycles. The van der Waals surface area contributed by atoms with Gasteiger partial charge >= 0.3 is 12.5 Å². The molecule has 188 valence electrons. The van der Waals surface area contributed by atoms with E-state index in [1.807, 2.05) is 12.1 Å². The highest BCUT2D eigenvalue weighted by molar-refractivity contribution is 6.08. The van der Waals surface area contributed by atoms with Crippen molar-refractivity contribution in [2.45, 2.75) is 12.5 Å². The first-order valence-electron chi connectivity index (χ1n) is 10.6. The summed E-state index contributed by atoms with van der Waals surface area (Å²) in [6.07, 6.45) is -8.75. The standard InChI is InChI=1S/C25H14F6N4O2/c26-24(27,28)21-12-20(18-7-3-5-14-4-1-2-6-17(14)18)34-22-19(13-32-35(21)22)23(36)33-15-8-10-16(11-9-15)37-25(29,30)31/h1-13H,(H,33,36). The van der Waals surface area contributed by atoms with Gasteiger partial charge in [0.05, 0.1) is 11.9 Å². The van der Waals surface area contributed by atoms with Crippen molar-refractivity contribution in [1.29, 1.82) is 0 Å². The second kappa shape index (κ2) is 8.80. The third-order valence-corrected chi connectivity index (χ3v) is 5.42. The fourth-order valence-corrected chi connectivity index (χ4v) is 3.85. The summed E-state index contributed by atoms with van der Waals surface area (Å²) in [5.74, 6) is -1.35. The number of fused-ring (bicyclic) bond motifs is 2. The minimum atomic E-state index is -4.88. The molecule has 12 heteroatoms. The zero-order valence-electron chi connectivity index (χ0n) is 18.4. The molecule has 2 aromatic heterocycles. The summed E-state index contributed by atoms with van der Waals surface area (Å²) in [6, 6.07) is 17.4. The Hall–Kier alpha value is -4.61. The summed E-state index contributed by atoms with van der Waals surface area (Å²) in [5.41, 5.74) is -1.23. The number of carbonyl (C=O) groups excluding carboxylic acids is 1. The average molecular weight is 516 g/mol. The van der Waals surface area contributed by atoms with Crippen LogP contribution in [-0.2, 0) is 6.18 Å². The van der Waals surface area contributed by atoms with Crippen molar-refractivity contribution in [3.8, 4) is 17.0 Å². The largest absolute Gasteiger partial charge is 0.573 e. The SMILES string of the molecule is O=C(Nc1ccc(OC(F)(F)F)cc1)c1cnn2c(C(F)(F)F)cc(-c3cccc4ccccc34)nc12. The fraction of sp³-hybridized carbons (Fsp3) is 0.0800. The summed E-state index contributed by atoms with van der Waals surface area (Å²) in [7, 11) is 0. The maximum absolute atomic E-state index is 14.0. The number of anilines is 1. The molecular formula is C25H14F6N4O2. The number of hydrogen-bond acceptors (Lipinski definition) is 4. The Labute approximate surface area is 204 Å². The van der Waals surface area contributed by atoms with Crippen LogP contribution in [0.5, 0.6) is 5.75 Å². The molecule has 0 bridgehead atoms. The van der Waals surface area contributed by atoms with Crippen molar-refractivity contribution < 1.29 is 35.9 Å². The van der Waals surface area contributed by atoms with Crippen molar-refractivity contribution in [1.82, 2.24) is 14.6 Å². The van der Waals surface area contributed by atoms with Gasteiger partial charge in [0.2, 0.25) is 0 Å². The molecule has 0 aliphatic rings. The number of halogens is 6. The molecule has 2 heterocycles. The lowest BCUT2D eigenvalue weighted by Gasteiger charge is -2.13. The Balaban J connectivity index is 1.56. The predicted molar refractivity (Wildman–Crippen MR) is 122 cm³/mol. The van der Waals surface area contributed by atoms with Crippen LogP contribution in [-0.4, -0.2) is 26.9 Å². The van der Waals surface area contributed by atoms with Gasteiger partial charge in [0, 0.05) is 11.3 Å². The molecule has 1 amide bonds. The second-order valence-electron chi connectivity index (χ2n) is 7.87. The molecule has 1 N–H and O–H groups in total. The van der Waals surface area contributed by atoms with Crippen LogP contribution in [0, 0.1) is 0 Å². The number of alkyl halides is 6. The Kier molecular flexibility index (Phi) is 5.73. The van der Waals surface area contributed by atoms with Crippen molar-refractivity contribution in [2.75, 3.05) is 5.32 Å². The van der Waals surface area contributed by atoms with Crippen LogP contribution in [0.25, 0.3) is 27.7 Å². The van der Waals surface area contributed by atoms with E-state index in [2.05, 4.69) is 20.1 Å². The summed E-state index contributed by atoms with van der Waals surface area (Å²) in [5, 5.41) is 7.61. The monoisotopic (exact) mass is 516 g/mol. The van der Waals surface area contributed by atoms with Crippen molar-refractivity contribution in [3.05, 3.63) is 90.3 Å². The quantitative estimate of drug-likeness (QED) is 0.269. The highest BCUT2D eigenvalue weighted by Gasteiger charge is 2.36. The van der Waals surface area contributed by atoms with Gasteiger partial charge in [-0.1, -0.05) is 42.5 Å². The number of carbonyl (C=O) groups is 1. The van der Waals surface area contributed by atoms with Crippen LogP contribution in [0.4, 0.5) is 32.0 Å². The summed E-state index contributed by atoms with van der Waals surface area (Å²) >= 11 is 0. The van der Waals surface area contributed by atoms with E-state index in [1.54, 1.807) is 30.3 Å². The van der Waals surface area contributed by atoms with Crippen LogP contribution in [0.3, 0.4) is 0 Å². The minimum Gasteiger partial charge on any atom is -0.406 e. The number of nitrogens with one attached hydrogen (secondary N) is 1. The summed E-state index contributed by atoms with van der Waals surface area (Å²) in [6.45, 7) is 0. The third kappa shape index (κ3) is 4.90. The van der Waals surface area contributed by atoms with Crippen LogP contribution < -0.4 is 10.1 Å². The molecule has 0 radical (unpaired) electrons. The number of rotatable bonds is 4. The smallest absolute Gasteiger partial charge is 0.406 e. The molecule has 37 heavy (non-hydrogen) atoms. The molecule has 0 fully saturated rings. The first kappa shape index (κ1) is 24.1. The molecular weight excluding hydrogens is 502 g/mol. The topological polar surface area (TPSA) is 68.5 Å². The fourth-order valence-electron chi connectivity index (χ4n) is 3.85. The molecule has 0 unspecified atom stereocenters. The Morgan fingerprint density at radius 2 is 1.59 bits per heavy atom. The van der Waals surface area contributed by atoms with Gasteiger partial charge in [-0.25, -0.2) is 9.50 Å². The molecule has 5 rings (SSSR count). The van der Waals surface area contributed by atoms with Gasteiger partial charge in [0.25, 0.3) is 5.91 Å². The van der Waals surface area contributed by atoms with Gasteiger partial charge in [0.15, 0.2) is 11.3 Å². The van der Waals surface area contributed by atoms with Crippen LogP contribution >= 0.6 is 0 Å². The van der Waals surface area contributed by atoms with Crippen LogP contribution in [0.1, 0.15) is 16.1 Å². The molecule has 5 aromatic rings. The van der Waals surface area contributed by atoms with E-state index in [-0.39, 0.29) is 22.6 Å². The number of benzene rings is 3. The van der Waals surface area contributed by atoms with E-state index >= 15 is 0 Å². The Bertz CT molecular complexity index is 1620. The Morgan fingerprint density at radius 3 is 2.30 bits per heavy atom. The normalized spacial score (nSPS) is 12.2. The number of hydrogen-bond donors (Lipinski definition) is 1. The molecule has 0 saturated heterocycles. The molecule has 0 aliphatic heterocycles. The lowest BCUT2D eigenvalue weighted by atomic mass is 10.0. The van der Waals surface area contributed by atoms with E-state index in [1.165, 1.54) is 0 Å². The lowest BCUT2D eigenvalue weighted by molar-refractivity contribution is -0.274. The van der Waals surface area contributed by atoms with Crippen LogP contribution in [0.15, 0.2) is 79.0 Å². The molecule has 0 spiro atoms. The number of aromatic nitrogens is 3.